The number of halogens is 1. The van der Waals surface area contributed by atoms with Crippen molar-refractivity contribution >= 4 is 23.5 Å². The minimum atomic E-state index is 0.113. The number of phenols is 1. The number of phenolic OH excluding ortho intramolecular Hbond substituents is 1. The Labute approximate surface area is 92.1 Å². The van der Waals surface area contributed by atoms with Gasteiger partial charge in [0.05, 0.1) is 11.9 Å². The molecule has 2 rings (SSSR count). The monoisotopic (exact) mass is 220 g/mol. The van der Waals surface area contributed by atoms with E-state index >= 15 is 0 Å². The van der Waals surface area contributed by atoms with E-state index < -0.39 is 0 Å². The van der Waals surface area contributed by atoms with Crippen LogP contribution in [0.5, 0.6) is 5.75 Å². The Hall–Kier alpha value is -1.74. The average Bonchev–Trinajstić information content (AvgIpc) is 2.72. The summed E-state index contributed by atoms with van der Waals surface area (Å²) in [5.41, 5.74) is 1.33. The Kier molecular flexibility index (Phi) is 2.74. The number of nitrogens with one attached hydrogen (secondary N) is 1. The van der Waals surface area contributed by atoms with Crippen molar-refractivity contribution in [1.29, 1.82) is 0 Å². The van der Waals surface area contributed by atoms with Crippen molar-refractivity contribution in [2.45, 2.75) is 0 Å². The zero-order chi connectivity index (χ0) is 10.7. The maximum atomic E-state index is 9.48. The molecule has 0 unspecified atom stereocenters. The number of rotatable bonds is 2. The lowest BCUT2D eigenvalue weighted by molar-refractivity contribution is 0.477. The summed E-state index contributed by atoms with van der Waals surface area (Å²) < 4.78 is 0. The lowest BCUT2D eigenvalue weighted by atomic mass is 10.3. The number of benzene rings is 1. The third kappa shape index (κ3) is 2.39. The molecule has 0 spiro atoms. The van der Waals surface area contributed by atoms with E-state index in [0.717, 1.165) is 5.69 Å². The van der Waals surface area contributed by atoms with Crippen molar-refractivity contribution in [3.8, 4) is 5.75 Å². The molecule has 0 aliphatic carbocycles. The van der Waals surface area contributed by atoms with Gasteiger partial charge in [-0.05, 0) is 30.3 Å². The number of hydrogen-bond acceptors (Lipinski definition) is 2. The molecular formula is C11H9ClN2O. The maximum absolute atomic E-state index is 9.48. The van der Waals surface area contributed by atoms with Crippen molar-refractivity contribution in [2.75, 3.05) is 0 Å². The van der Waals surface area contributed by atoms with Gasteiger partial charge in [-0.2, -0.15) is 0 Å². The highest BCUT2D eigenvalue weighted by Crippen LogP contribution is 2.28. The van der Waals surface area contributed by atoms with E-state index in [1.54, 1.807) is 24.5 Å². The highest BCUT2D eigenvalue weighted by Gasteiger charge is 1.98. The van der Waals surface area contributed by atoms with E-state index in [9.17, 15) is 5.11 Å². The van der Waals surface area contributed by atoms with Crippen molar-refractivity contribution in [2.24, 2.45) is 4.99 Å². The van der Waals surface area contributed by atoms with Gasteiger partial charge < -0.3 is 10.1 Å². The fourth-order valence-electron chi connectivity index (χ4n) is 1.16. The van der Waals surface area contributed by atoms with Gasteiger partial charge in [0.1, 0.15) is 11.4 Å². The zero-order valence-corrected chi connectivity index (χ0v) is 8.57. The number of aromatic amines is 1. The van der Waals surface area contributed by atoms with Crippen LogP contribution >= 0.6 is 11.6 Å². The van der Waals surface area contributed by atoms with Crippen LogP contribution in [0.4, 0.5) is 5.69 Å². The summed E-state index contributed by atoms with van der Waals surface area (Å²) in [5.74, 6) is 0.113. The molecule has 0 bridgehead atoms. The summed E-state index contributed by atoms with van der Waals surface area (Å²) in [6.07, 6.45) is 3.44. The summed E-state index contributed by atoms with van der Waals surface area (Å²) in [7, 11) is 0. The van der Waals surface area contributed by atoms with Crippen LogP contribution in [0.3, 0.4) is 0 Å². The molecule has 2 N–H and O–H groups in total. The second-order valence-electron chi connectivity index (χ2n) is 3.02. The number of aromatic nitrogens is 1. The largest absolute Gasteiger partial charge is 0.506 e. The van der Waals surface area contributed by atoms with Crippen molar-refractivity contribution in [3.63, 3.8) is 0 Å². The predicted octanol–water partition coefficient (Wildman–Crippen LogP) is 3.12. The molecule has 1 aromatic carbocycles. The molecule has 3 nitrogen and oxygen atoms in total. The SMILES string of the molecule is Oc1ccc(Cl)cc1/N=C/c1ccc[nH]1. The molecule has 0 atom stereocenters. The van der Waals surface area contributed by atoms with Crippen LogP contribution < -0.4 is 0 Å². The highest BCUT2D eigenvalue weighted by molar-refractivity contribution is 6.30. The van der Waals surface area contributed by atoms with Gasteiger partial charge in [0, 0.05) is 11.2 Å². The van der Waals surface area contributed by atoms with Crippen LogP contribution in [0.1, 0.15) is 5.69 Å². The summed E-state index contributed by atoms with van der Waals surface area (Å²) in [4.78, 5) is 7.10. The topological polar surface area (TPSA) is 48.4 Å². The van der Waals surface area contributed by atoms with E-state index in [1.807, 2.05) is 12.1 Å². The Bertz CT molecular complexity index is 477. The van der Waals surface area contributed by atoms with E-state index in [1.165, 1.54) is 6.07 Å². The van der Waals surface area contributed by atoms with Crippen LogP contribution in [-0.4, -0.2) is 16.3 Å². The minimum Gasteiger partial charge on any atom is -0.506 e. The summed E-state index contributed by atoms with van der Waals surface area (Å²) in [5, 5.41) is 10.0. The van der Waals surface area contributed by atoms with Crippen LogP contribution in [-0.2, 0) is 0 Å². The summed E-state index contributed by atoms with van der Waals surface area (Å²) in [6.45, 7) is 0. The number of aromatic hydroxyl groups is 1. The van der Waals surface area contributed by atoms with Gasteiger partial charge in [-0.15, -0.1) is 0 Å². The van der Waals surface area contributed by atoms with Gasteiger partial charge in [-0.1, -0.05) is 11.6 Å². The van der Waals surface area contributed by atoms with E-state index in [0.29, 0.717) is 10.7 Å². The van der Waals surface area contributed by atoms with E-state index in [4.69, 9.17) is 11.6 Å². The van der Waals surface area contributed by atoms with E-state index in [-0.39, 0.29) is 5.75 Å². The van der Waals surface area contributed by atoms with Crippen LogP contribution in [0, 0.1) is 0 Å². The quantitative estimate of drug-likeness (QED) is 0.751. The molecule has 2 aromatic rings. The Morgan fingerprint density at radius 1 is 1.33 bits per heavy atom. The first-order valence-corrected chi connectivity index (χ1v) is 4.79. The van der Waals surface area contributed by atoms with Gasteiger partial charge in [0.25, 0.3) is 0 Å². The molecule has 76 valence electrons. The Morgan fingerprint density at radius 3 is 2.93 bits per heavy atom. The standard InChI is InChI=1S/C11H9ClN2O/c12-8-3-4-11(15)10(6-8)14-7-9-2-1-5-13-9/h1-7,13,15H/b14-7+. The average molecular weight is 221 g/mol. The second kappa shape index (κ2) is 4.19. The van der Waals surface area contributed by atoms with Gasteiger partial charge >= 0.3 is 0 Å². The lowest BCUT2D eigenvalue weighted by Crippen LogP contribution is -1.78. The fourth-order valence-corrected chi connectivity index (χ4v) is 1.33. The molecule has 1 heterocycles. The number of hydrogen-bond donors (Lipinski definition) is 2. The highest BCUT2D eigenvalue weighted by atomic mass is 35.5. The van der Waals surface area contributed by atoms with Crippen LogP contribution in [0.2, 0.25) is 5.02 Å². The molecule has 4 heteroatoms. The van der Waals surface area contributed by atoms with E-state index in [2.05, 4.69) is 9.98 Å². The Balaban J connectivity index is 2.27. The second-order valence-corrected chi connectivity index (χ2v) is 3.45. The maximum Gasteiger partial charge on any atom is 0.141 e. The molecule has 0 aliphatic rings. The zero-order valence-electron chi connectivity index (χ0n) is 7.81. The third-order valence-corrected chi connectivity index (χ3v) is 2.14. The first-order chi connectivity index (χ1) is 7.25. The normalized spacial score (nSPS) is 11.0. The molecule has 0 aliphatic heterocycles. The molecule has 1 aromatic heterocycles. The first kappa shape index (κ1) is 9.80. The molecule has 0 saturated heterocycles. The summed E-state index contributed by atoms with van der Waals surface area (Å²) >= 11 is 5.78. The van der Waals surface area contributed by atoms with Gasteiger partial charge in [0.2, 0.25) is 0 Å². The van der Waals surface area contributed by atoms with Crippen LogP contribution in [0.15, 0.2) is 41.5 Å². The molecule has 0 fully saturated rings. The molecule has 15 heavy (non-hydrogen) atoms. The third-order valence-electron chi connectivity index (χ3n) is 1.90. The van der Waals surface area contributed by atoms with Crippen molar-refractivity contribution < 1.29 is 5.11 Å². The molecule has 0 radical (unpaired) electrons. The molecular weight excluding hydrogens is 212 g/mol. The minimum absolute atomic E-state index is 0.113. The van der Waals surface area contributed by atoms with Gasteiger partial charge in [-0.3, -0.25) is 4.99 Å². The first-order valence-electron chi connectivity index (χ1n) is 4.42. The van der Waals surface area contributed by atoms with Gasteiger partial charge in [-0.25, -0.2) is 0 Å². The van der Waals surface area contributed by atoms with Crippen molar-refractivity contribution in [3.05, 3.63) is 47.2 Å². The van der Waals surface area contributed by atoms with Crippen LogP contribution in [0.25, 0.3) is 0 Å². The Morgan fingerprint density at radius 2 is 2.20 bits per heavy atom. The molecule has 0 saturated carbocycles. The predicted molar refractivity (Wildman–Crippen MR) is 61.2 cm³/mol. The number of H-pyrrole nitrogens is 1. The smallest absolute Gasteiger partial charge is 0.141 e. The van der Waals surface area contributed by atoms with Gasteiger partial charge in [0.15, 0.2) is 0 Å². The number of nitrogens with zero attached hydrogens (tertiary/aromatic N) is 1. The lowest BCUT2D eigenvalue weighted by Gasteiger charge is -1.98. The summed E-state index contributed by atoms with van der Waals surface area (Å²) in [6, 6.07) is 8.49. The van der Waals surface area contributed by atoms with Crippen molar-refractivity contribution in [1.82, 2.24) is 4.98 Å². The fraction of sp³-hybridized carbons (Fsp3) is 0. The molecule has 0 amide bonds. The number of aliphatic imine (C=N–C) groups is 1.